The summed E-state index contributed by atoms with van der Waals surface area (Å²) in [6, 6.07) is 10.3. The zero-order valence-electron chi connectivity index (χ0n) is 20.2. The van der Waals surface area contributed by atoms with Crippen LogP contribution in [0.4, 0.5) is 11.4 Å². The predicted molar refractivity (Wildman–Crippen MR) is 129 cm³/mol. The van der Waals surface area contributed by atoms with Gasteiger partial charge in [0.05, 0.1) is 21.0 Å². The summed E-state index contributed by atoms with van der Waals surface area (Å²) >= 11 is 0. The predicted octanol–water partition coefficient (Wildman–Crippen LogP) is 4.81. The van der Waals surface area contributed by atoms with Crippen LogP contribution in [0.1, 0.15) is 66.2 Å². The fourth-order valence-corrected chi connectivity index (χ4v) is 5.37. The van der Waals surface area contributed by atoms with E-state index in [1.165, 1.54) is 48.5 Å². The summed E-state index contributed by atoms with van der Waals surface area (Å²) in [6.45, 7) is 1.93. The summed E-state index contributed by atoms with van der Waals surface area (Å²) in [6.07, 6.45) is 1.40. The van der Waals surface area contributed by atoms with Crippen LogP contribution in [0.3, 0.4) is 0 Å². The van der Waals surface area contributed by atoms with Crippen LogP contribution < -0.4 is 0 Å². The fraction of sp³-hybridized carbons (Fsp3) is 0.423. The molecule has 0 radical (unpaired) electrons. The van der Waals surface area contributed by atoms with Gasteiger partial charge in [0.15, 0.2) is 0 Å². The van der Waals surface area contributed by atoms with Crippen LogP contribution in [0, 0.1) is 31.6 Å². The standard InChI is InChI=1S/C26H26N2O9/c1-26-14-13-22(36-24(30)16-5-9-18(10-6-16)27(32)33)21(26)15-20(29)3-2-4-23(26)37-25(31)17-7-11-19(12-8-17)28(34)35/h5-12,21-23H,2-4,13-15H2,1H3/t21-,22-,23-,26-/m0/s1. The number of carbonyl (C=O) groups is 3. The van der Waals surface area contributed by atoms with Crippen molar-refractivity contribution in [3.63, 3.8) is 0 Å². The number of ether oxygens (including phenoxy) is 2. The molecule has 4 rings (SSSR count). The molecule has 0 aliphatic heterocycles. The SMILES string of the molecule is C[C@]12CC[C@H](OC(=O)c3ccc([N+](=O)[O-])cc3)[C@@H]1CC(=O)CCC[C@@H]2OC(=O)c1ccc([N+](=O)[O-])cc1. The van der Waals surface area contributed by atoms with E-state index in [2.05, 4.69) is 0 Å². The van der Waals surface area contributed by atoms with Gasteiger partial charge in [0.25, 0.3) is 11.4 Å². The first-order chi connectivity index (χ1) is 17.6. The molecule has 0 heterocycles. The van der Waals surface area contributed by atoms with E-state index in [4.69, 9.17) is 9.47 Å². The first-order valence-electron chi connectivity index (χ1n) is 12.0. The van der Waals surface area contributed by atoms with Gasteiger partial charge in [-0.25, -0.2) is 9.59 Å². The second-order valence-electron chi connectivity index (χ2n) is 9.73. The Balaban J connectivity index is 1.51. The monoisotopic (exact) mass is 510 g/mol. The third-order valence-electron chi connectivity index (χ3n) is 7.50. The van der Waals surface area contributed by atoms with Gasteiger partial charge in [0, 0.05) is 48.4 Å². The Morgan fingerprint density at radius 2 is 1.38 bits per heavy atom. The molecule has 11 heteroatoms. The second-order valence-corrected chi connectivity index (χ2v) is 9.73. The Bertz CT molecular complexity index is 1230. The summed E-state index contributed by atoms with van der Waals surface area (Å²) in [4.78, 5) is 59.0. The van der Waals surface area contributed by atoms with Crippen LogP contribution in [0.2, 0.25) is 0 Å². The molecular weight excluding hydrogens is 484 g/mol. The van der Waals surface area contributed by atoms with E-state index in [0.717, 1.165) is 0 Å². The molecule has 2 aromatic rings. The highest BCUT2D eigenvalue weighted by Gasteiger charge is 2.53. The molecule has 0 aromatic heterocycles. The van der Waals surface area contributed by atoms with Crippen LogP contribution in [-0.2, 0) is 14.3 Å². The zero-order valence-corrected chi connectivity index (χ0v) is 20.2. The zero-order chi connectivity index (χ0) is 26.7. The van der Waals surface area contributed by atoms with Crippen LogP contribution >= 0.6 is 0 Å². The number of hydrogen-bond donors (Lipinski definition) is 0. The van der Waals surface area contributed by atoms with Crippen molar-refractivity contribution in [2.75, 3.05) is 0 Å². The maximum Gasteiger partial charge on any atom is 0.338 e. The van der Waals surface area contributed by atoms with Crippen molar-refractivity contribution < 1.29 is 33.7 Å². The molecular formula is C26H26N2O9. The molecule has 2 aliphatic rings. The topological polar surface area (TPSA) is 156 Å². The third-order valence-corrected chi connectivity index (χ3v) is 7.50. The maximum absolute atomic E-state index is 12.9. The average Bonchev–Trinajstić information content (AvgIpc) is 3.17. The van der Waals surface area contributed by atoms with Gasteiger partial charge in [-0.2, -0.15) is 0 Å². The molecule has 0 saturated heterocycles. The number of esters is 2. The van der Waals surface area contributed by atoms with Gasteiger partial charge in [-0.1, -0.05) is 6.92 Å². The van der Waals surface area contributed by atoms with Gasteiger partial charge in [0.2, 0.25) is 0 Å². The number of carbonyl (C=O) groups excluding carboxylic acids is 3. The number of rotatable bonds is 6. The molecule has 2 aliphatic carbocycles. The molecule has 0 bridgehead atoms. The lowest BCUT2D eigenvalue weighted by atomic mass is 9.69. The van der Waals surface area contributed by atoms with E-state index in [-0.39, 0.29) is 40.6 Å². The largest absolute Gasteiger partial charge is 0.458 e. The van der Waals surface area contributed by atoms with Crippen LogP contribution in [0.5, 0.6) is 0 Å². The number of ketones is 1. The van der Waals surface area contributed by atoms with Crippen molar-refractivity contribution in [3.05, 3.63) is 79.9 Å². The number of benzene rings is 2. The van der Waals surface area contributed by atoms with Crippen LogP contribution in [0.15, 0.2) is 48.5 Å². The second kappa shape index (κ2) is 10.5. The van der Waals surface area contributed by atoms with Gasteiger partial charge in [-0.3, -0.25) is 25.0 Å². The van der Waals surface area contributed by atoms with Crippen molar-refractivity contribution in [2.24, 2.45) is 11.3 Å². The van der Waals surface area contributed by atoms with Crippen molar-refractivity contribution >= 4 is 29.1 Å². The van der Waals surface area contributed by atoms with Crippen molar-refractivity contribution in [1.82, 2.24) is 0 Å². The molecule has 11 nitrogen and oxygen atoms in total. The molecule has 0 unspecified atom stereocenters. The van der Waals surface area contributed by atoms with E-state index < -0.39 is 39.4 Å². The average molecular weight is 510 g/mol. The Morgan fingerprint density at radius 1 is 0.865 bits per heavy atom. The molecule has 4 atom stereocenters. The van der Waals surface area contributed by atoms with E-state index in [0.29, 0.717) is 32.1 Å². The first kappa shape index (κ1) is 25.9. The lowest BCUT2D eigenvalue weighted by molar-refractivity contribution is -0.385. The quantitative estimate of drug-likeness (QED) is 0.302. The Labute approximate surface area is 212 Å². The summed E-state index contributed by atoms with van der Waals surface area (Å²) in [5.74, 6) is -1.58. The highest BCUT2D eigenvalue weighted by molar-refractivity contribution is 5.90. The minimum Gasteiger partial charge on any atom is -0.458 e. The summed E-state index contributed by atoms with van der Waals surface area (Å²) in [5.41, 5.74) is -0.567. The number of Topliss-reactive ketones (excluding diaryl/α,β-unsaturated/α-hetero) is 1. The Hall–Kier alpha value is -4.15. The van der Waals surface area contributed by atoms with Crippen LogP contribution in [-0.4, -0.2) is 39.8 Å². The normalized spacial score (nSPS) is 25.3. The third kappa shape index (κ3) is 5.50. The van der Waals surface area contributed by atoms with E-state index >= 15 is 0 Å². The first-order valence-corrected chi connectivity index (χ1v) is 12.0. The summed E-state index contributed by atoms with van der Waals surface area (Å²) in [7, 11) is 0. The lowest BCUT2D eigenvalue weighted by Gasteiger charge is -2.41. The number of fused-ring (bicyclic) bond motifs is 1. The smallest absolute Gasteiger partial charge is 0.338 e. The van der Waals surface area contributed by atoms with Gasteiger partial charge in [-0.15, -0.1) is 0 Å². The van der Waals surface area contributed by atoms with E-state index in [1.807, 2.05) is 6.92 Å². The number of non-ortho nitro benzene ring substituents is 2. The van der Waals surface area contributed by atoms with Crippen LogP contribution in [0.25, 0.3) is 0 Å². The van der Waals surface area contributed by atoms with Gasteiger partial charge in [0.1, 0.15) is 18.0 Å². The summed E-state index contributed by atoms with van der Waals surface area (Å²) < 4.78 is 11.7. The molecule has 194 valence electrons. The van der Waals surface area contributed by atoms with Crippen molar-refractivity contribution in [3.8, 4) is 0 Å². The molecule has 0 spiro atoms. The maximum atomic E-state index is 12.9. The molecule has 0 N–H and O–H groups in total. The molecule has 2 saturated carbocycles. The minimum absolute atomic E-state index is 0.0506. The highest BCUT2D eigenvalue weighted by atomic mass is 16.6. The lowest BCUT2D eigenvalue weighted by Crippen LogP contribution is -2.44. The van der Waals surface area contributed by atoms with Gasteiger partial charge < -0.3 is 9.47 Å². The Morgan fingerprint density at radius 3 is 1.89 bits per heavy atom. The molecule has 0 amide bonds. The number of nitro benzene ring substituents is 2. The molecule has 2 aromatic carbocycles. The summed E-state index contributed by atoms with van der Waals surface area (Å²) in [5, 5.41) is 21.8. The fourth-order valence-electron chi connectivity index (χ4n) is 5.37. The van der Waals surface area contributed by atoms with Crippen molar-refractivity contribution in [1.29, 1.82) is 0 Å². The number of nitrogens with zero attached hydrogens (tertiary/aromatic N) is 2. The highest BCUT2D eigenvalue weighted by Crippen LogP contribution is 2.52. The molecule has 2 fully saturated rings. The number of nitro groups is 2. The van der Waals surface area contributed by atoms with E-state index in [1.54, 1.807) is 0 Å². The minimum atomic E-state index is -0.641. The van der Waals surface area contributed by atoms with Gasteiger partial charge in [-0.05, 0) is 49.9 Å². The van der Waals surface area contributed by atoms with Crippen molar-refractivity contribution in [2.45, 2.75) is 57.7 Å². The Kier molecular flexibility index (Phi) is 7.33. The molecule has 37 heavy (non-hydrogen) atoms. The van der Waals surface area contributed by atoms with E-state index in [9.17, 15) is 34.6 Å². The number of hydrogen-bond acceptors (Lipinski definition) is 9. The van der Waals surface area contributed by atoms with Gasteiger partial charge >= 0.3 is 11.9 Å².